The van der Waals surface area contributed by atoms with Crippen LogP contribution in [-0.4, -0.2) is 44.8 Å². The molecule has 2 aromatic rings. The van der Waals surface area contributed by atoms with Gasteiger partial charge in [-0.3, -0.25) is 19.5 Å². The molecule has 2 N–H and O–H groups in total. The third kappa shape index (κ3) is 3.62. The first-order valence-electron chi connectivity index (χ1n) is 9.38. The lowest BCUT2D eigenvalue weighted by atomic mass is 9.98. The summed E-state index contributed by atoms with van der Waals surface area (Å²) in [5, 5.41) is 7.96. The number of hydrogen-bond donors (Lipinski definition) is 2. The van der Waals surface area contributed by atoms with Gasteiger partial charge in [-0.15, -0.1) is 11.3 Å². The second-order valence-electron chi connectivity index (χ2n) is 7.08. The fourth-order valence-electron chi connectivity index (χ4n) is 3.74. The largest absolute Gasteiger partial charge is 0.325 e. The molecule has 0 aromatic carbocycles. The Hall–Kier alpha value is -2.81. The predicted octanol–water partition coefficient (Wildman–Crippen LogP) is 2.79. The van der Waals surface area contributed by atoms with Gasteiger partial charge in [0.2, 0.25) is 5.91 Å². The summed E-state index contributed by atoms with van der Waals surface area (Å²) in [6.07, 6.45) is 5.64. The minimum atomic E-state index is -0.692. The van der Waals surface area contributed by atoms with Crippen LogP contribution >= 0.6 is 11.3 Å². The fourth-order valence-corrected chi connectivity index (χ4v) is 4.46. The number of carbonyl (C=O) groups excluding carboxylic acids is 3. The van der Waals surface area contributed by atoms with Gasteiger partial charge < -0.3 is 10.6 Å². The number of imide groups is 1. The Kier molecular flexibility index (Phi) is 5.08. The Morgan fingerprint density at radius 3 is 2.82 bits per heavy atom. The van der Waals surface area contributed by atoms with E-state index < -0.39 is 5.54 Å². The number of carbonyl (C=O) groups is 3. The Labute approximate surface area is 166 Å². The van der Waals surface area contributed by atoms with Crippen LogP contribution in [0, 0.1) is 0 Å². The molecule has 0 atom stereocenters. The first kappa shape index (κ1) is 18.5. The summed E-state index contributed by atoms with van der Waals surface area (Å²) in [4.78, 5) is 46.7. The molecule has 2 fully saturated rings. The molecule has 8 nitrogen and oxygen atoms in total. The molecule has 1 saturated carbocycles. The van der Waals surface area contributed by atoms with Gasteiger partial charge in [-0.05, 0) is 31.4 Å². The van der Waals surface area contributed by atoms with Gasteiger partial charge in [0.25, 0.3) is 5.91 Å². The van der Waals surface area contributed by atoms with E-state index in [9.17, 15) is 14.4 Å². The van der Waals surface area contributed by atoms with Gasteiger partial charge in [-0.25, -0.2) is 9.78 Å². The molecule has 1 aliphatic carbocycles. The lowest BCUT2D eigenvalue weighted by molar-refractivity contribution is -0.131. The molecule has 0 radical (unpaired) electrons. The van der Waals surface area contributed by atoms with Gasteiger partial charge in [0, 0.05) is 24.5 Å². The van der Waals surface area contributed by atoms with Crippen LogP contribution in [0.1, 0.15) is 38.5 Å². The van der Waals surface area contributed by atoms with Gasteiger partial charge in [0.05, 0.1) is 5.69 Å². The van der Waals surface area contributed by atoms with Crippen LogP contribution in [0.5, 0.6) is 0 Å². The van der Waals surface area contributed by atoms with Crippen LogP contribution in [0.25, 0.3) is 11.4 Å². The number of aromatic nitrogens is 2. The number of amides is 4. The van der Waals surface area contributed by atoms with Crippen molar-refractivity contribution in [3.8, 4) is 11.4 Å². The standard InChI is InChI=1S/C19H21N5O3S/c25-15(22-17-21-14(12-28-17)13-6-1-4-10-20-13)7-5-11-24-16(26)19(23-18(24)27)8-2-3-9-19/h1,4,6,10,12H,2-3,5,7-9,11H2,(H,23,27)(H,21,22,25). The number of nitrogens with zero attached hydrogens (tertiary/aromatic N) is 3. The van der Waals surface area contributed by atoms with Gasteiger partial charge >= 0.3 is 6.03 Å². The van der Waals surface area contributed by atoms with E-state index in [2.05, 4.69) is 20.6 Å². The molecule has 28 heavy (non-hydrogen) atoms. The van der Waals surface area contributed by atoms with E-state index in [0.29, 0.717) is 30.1 Å². The van der Waals surface area contributed by atoms with E-state index in [1.165, 1.54) is 16.2 Å². The van der Waals surface area contributed by atoms with Crippen molar-refractivity contribution in [2.45, 2.75) is 44.1 Å². The Morgan fingerprint density at radius 2 is 2.07 bits per heavy atom. The maximum atomic E-state index is 12.6. The second-order valence-corrected chi connectivity index (χ2v) is 7.94. The summed E-state index contributed by atoms with van der Waals surface area (Å²) >= 11 is 1.33. The molecule has 146 valence electrons. The molecule has 9 heteroatoms. The molecule has 1 spiro atoms. The lowest BCUT2D eigenvalue weighted by Gasteiger charge is -2.19. The second kappa shape index (κ2) is 7.67. The third-order valence-corrected chi connectivity index (χ3v) is 5.92. The zero-order valence-electron chi connectivity index (χ0n) is 15.3. The summed E-state index contributed by atoms with van der Waals surface area (Å²) < 4.78 is 0. The molecule has 0 bridgehead atoms. The summed E-state index contributed by atoms with van der Waals surface area (Å²) in [7, 11) is 0. The minimum Gasteiger partial charge on any atom is -0.323 e. The number of thiazole rings is 1. The number of anilines is 1. The molecule has 3 heterocycles. The van der Waals surface area contributed by atoms with Gasteiger partial charge in [0.15, 0.2) is 5.13 Å². The van der Waals surface area contributed by atoms with Gasteiger partial charge in [0.1, 0.15) is 11.2 Å². The quantitative estimate of drug-likeness (QED) is 0.727. The summed E-state index contributed by atoms with van der Waals surface area (Å²) in [6, 6.07) is 5.23. The normalized spacial score (nSPS) is 17.9. The number of hydrogen-bond acceptors (Lipinski definition) is 6. The highest BCUT2D eigenvalue weighted by molar-refractivity contribution is 7.14. The Morgan fingerprint density at radius 1 is 1.25 bits per heavy atom. The van der Waals surface area contributed by atoms with Crippen LogP contribution in [-0.2, 0) is 9.59 Å². The molecule has 4 amide bonds. The maximum Gasteiger partial charge on any atom is 0.325 e. The third-order valence-electron chi connectivity index (χ3n) is 5.17. The van der Waals surface area contributed by atoms with Gasteiger partial charge in [-0.2, -0.15) is 0 Å². The zero-order valence-corrected chi connectivity index (χ0v) is 16.1. The van der Waals surface area contributed by atoms with E-state index in [4.69, 9.17) is 0 Å². The molecule has 2 aliphatic rings. The Bertz CT molecular complexity index is 892. The molecule has 2 aromatic heterocycles. The monoisotopic (exact) mass is 399 g/mol. The van der Waals surface area contributed by atoms with Crippen molar-refractivity contribution in [1.82, 2.24) is 20.2 Å². The summed E-state index contributed by atoms with van der Waals surface area (Å²) in [5.41, 5.74) is 0.767. The highest BCUT2D eigenvalue weighted by atomic mass is 32.1. The minimum absolute atomic E-state index is 0.143. The molecule has 0 unspecified atom stereocenters. The maximum absolute atomic E-state index is 12.6. The Balaban J connectivity index is 1.27. The average molecular weight is 399 g/mol. The van der Waals surface area contributed by atoms with Gasteiger partial charge in [-0.1, -0.05) is 18.9 Å². The molecular formula is C19H21N5O3S. The molecule has 4 rings (SSSR count). The molecular weight excluding hydrogens is 378 g/mol. The first-order chi connectivity index (χ1) is 13.6. The van der Waals surface area contributed by atoms with Crippen LogP contribution in [0.3, 0.4) is 0 Å². The smallest absolute Gasteiger partial charge is 0.323 e. The van der Waals surface area contributed by atoms with Crippen molar-refractivity contribution in [2.24, 2.45) is 0 Å². The SMILES string of the molecule is O=C(CCCN1C(=O)NC2(CCCC2)C1=O)Nc1nc(-c2ccccn2)cs1. The van der Waals surface area contributed by atoms with E-state index in [1.54, 1.807) is 6.20 Å². The van der Waals surface area contributed by atoms with Crippen molar-refractivity contribution in [2.75, 3.05) is 11.9 Å². The van der Waals surface area contributed by atoms with E-state index in [0.717, 1.165) is 18.5 Å². The lowest BCUT2D eigenvalue weighted by Crippen LogP contribution is -2.44. The highest BCUT2D eigenvalue weighted by Crippen LogP contribution is 2.35. The zero-order chi connectivity index (χ0) is 19.6. The topological polar surface area (TPSA) is 104 Å². The summed E-state index contributed by atoms with van der Waals surface area (Å²) in [5.74, 6) is -0.333. The van der Waals surface area contributed by atoms with Crippen molar-refractivity contribution >= 4 is 34.3 Å². The molecule has 1 aliphatic heterocycles. The molecule has 1 saturated heterocycles. The number of nitrogens with one attached hydrogen (secondary N) is 2. The number of urea groups is 1. The van der Waals surface area contributed by atoms with Crippen LogP contribution in [0.4, 0.5) is 9.93 Å². The fraction of sp³-hybridized carbons (Fsp3) is 0.421. The van der Waals surface area contributed by atoms with Crippen molar-refractivity contribution in [3.05, 3.63) is 29.8 Å². The first-order valence-corrected chi connectivity index (χ1v) is 10.3. The average Bonchev–Trinajstić information content (AvgIpc) is 3.40. The van der Waals surface area contributed by atoms with E-state index >= 15 is 0 Å². The highest BCUT2D eigenvalue weighted by Gasteiger charge is 2.51. The van der Waals surface area contributed by atoms with E-state index in [-0.39, 0.29) is 30.8 Å². The van der Waals surface area contributed by atoms with Crippen molar-refractivity contribution in [3.63, 3.8) is 0 Å². The summed E-state index contributed by atoms with van der Waals surface area (Å²) in [6.45, 7) is 0.247. The van der Waals surface area contributed by atoms with E-state index in [1.807, 2.05) is 23.6 Å². The van der Waals surface area contributed by atoms with Crippen LogP contribution < -0.4 is 10.6 Å². The van der Waals surface area contributed by atoms with Crippen molar-refractivity contribution < 1.29 is 14.4 Å². The number of rotatable bonds is 6. The predicted molar refractivity (Wildman–Crippen MR) is 105 cm³/mol. The van der Waals surface area contributed by atoms with Crippen molar-refractivity contribution in [1.29, 1.82) is 0 Å². The number of pyridine rings is 1. The van der Waals surface area contributed by atoms with Crippen LogP contribution in [0.2, 0.25) is 0 Å². The van der Waals surface area contributed by atoms with Crippen LogP contribution in [0.15, 0.2) is 29.8 Å².